The van der Waals surface area contributed by atoms with Crippen molar-refractivity contribution in [2.45, 2.75) is 13.3 Å². The molecule has 2 aromatic rings. The van der Waals surface area contributed by atoms with Crippen LogP contribution in [0.2, 0.25) is 5.02 Å². The molecular weight excluding hydrogens is 328 g/mol. The van der Waals surface area contributed by atoms with E-state index in [-0.39, 0.29) is 5.91 Å². The molecule has 1 amide bonds. The van der Waals surface area contributed by atoms with E-state index < -0.39 is 0 Å². The standard InChI is InChI=1S/C18H21ClN2O3/c1-12-4-5-13(10-15(12)19)21-18(22)8-9-20-16-7-6-14(23-2)11-17(16)24-3/h4-7,10-11,20H,8-9H2,1-3H3,(H,21,22). The zero-order valence-electron chi connectivity index (χ0n) is 14.0. The monoisotopic (exact) mass is 348 g/mol. The molecular formula is C18H21ClN2O3. The average Bonchev–Trinajstić information content (AvgIpc) is 2.58. The predicted molar refractivity (Wildman–Crippen MR) is 97.5 cm³/mol. The van der Waals surface area contributed by atoms with Gasteiger partial charge in [0.2, 0.25) is 5.91 Å². The number of benzene rings is 2. The zero-order valence-corrected chi connectivity index (χ0v) is 14.7. The number of ether oxygens (including phenoxy) is 2. The number of methoxy groups -OCH3 is 2. The molecule has 2 rings (SSSR count). The Kier molecular flexibility index (Phi) is 6.32. The van der Waals surface area contributed by atoms with Crippen LogP contribution in [0.15, 0.2) is 36.4 Å². The first-order chi connectivity index (χ1) is 11.5. The molecule has 6 heteroatoms. The molecule has 0 saturated heterocycles. The van der Waals surface area contributed by atoms with Gasteiger partial charge in [0, 0.05) is 29.7 Å². The van der Waals surface area contributed by atoms with Crippen molar-refractivity contribution in [3.8, 4) is 11.5 Å². The van der Waals surface area contributed by atoms with Crippen molar-refractivity contribution in [2.75, 3.05) is 31.4 Å². The van der Waals surface area contributed by atoms with Gasteiger partial charge in [0.05, 0.1) is 19.9 Å². The first-order valence-electron chi connectivity index (χ1n) is 7.55. The first kappa shape index (κ1) is 17.9. The summed E-state index contributed by atoms with van der Waals surface area (Å²) >= 11 is 6.05. The molecule has 0 aliphatic rings. The molecule has 0 heterocycles. The summed E-state index contributed by atoms with van der Waals surface area (Å²) in [5.74, 6) is 1.29. The maximum Gasteiger partial charge on any atom is 0.226 e. The third-order valence-corrected chi connectivity index (χ3v) is 3.94. The van der Waals surface area contributed by atoms with Gasteiger partial charge in [-0.3, -0.25) is 4.79 Å². The smallest absolute Gasteiger partial charge is 0.226 e. The molecule has 5 nitrogen and oxygen atoms in total. The van der Waals surface area contributed by atoms with Gasteiger partial charge < -0.3 is 20.1 Å². The molecule has 24 heavy (non-hydrogen) atoms. The molecule has 0 aromatic heterocycles. The minimum absolute atomic E-state index is 0.0881. The number of carbonyl (C=O) groups excluding carboxylic acids is 1. The molecule has 0 spiro atoms. The van der Waals surface area contributed by atoms with Crippen LogP contribution in [0.25, 0.3) is 0 Å². The van der Waals surface area contributed by atoms with Crippen LogP contribution in [0, 0.1) is 6.92 Å². The van der Waals surface area contributed by atoms with E-state index in [0.29, 0.717) is 35.2 Å². The summed E-state index contributed by atoms with van der Waals surface area (Å²) in [6.07, 6.45) is 0.320. The topological polar surface area (TPSA) is 59.6 Å². The summed E-state index contributed by atoms with van der Waals surface area (Å²) in [6.45, 7) is 2.40. The second-order valence-corrected chi connectivity index (χ2v) is 5.66. The van der Waals surface area contributed by atoms with Crippen LogP contribution in [-0.4, -0.2) is 26.7 Å². The lowest BCUT2D eigenvalue weighted by Gasteiger charge is -2.12. The lowest BCUT2D eigenvalue weighted by molar-refractivity contribution is -0.115. The predicted octanol–water partition coefficient (Wildman–Crippen LogP) is 4.11. The highest BCUT2D eigenvalue weighted by molar-refractivity contribution is 6.31. The van der Waals surface area contributed by atoms with Crippen LogP contribution in [0.1, 0.15) is 12.0 Å². The molecule has 0 fully saturated rings. The summed E-state index contributed by atoms with van der Waals surface area (Å²) in [4.78, 5) is 12.0. The maximum atomic E-state index is 12.0. The Balaban J connectivity index is 1.87. The molecule has 0 atom stereocenters. The number of hydrogen-bond donors (Lipinski definition) is 2. The van der Waals surface area contributed by atoms with Gasteiger partial charge in [0.25, 0.3) is 0 Å². The zero-order chi connectivity index (χ0) is 17.5. The van der Waals surface area contributed by atoms with E-state index in [9.17, 15) is 4.79 Å². The lowest BCUT2D eigenvalue weighted by Crippen LogP contribution is -2.16. The fourth-order valence-corrected chi connectivity index (χ4v) is 2.33. The van der Waals surface area contributed by atoms with Crippen molar-refractivity contribution in [2.24, 2.45) is 0 Å². The summed E-state index contributed by atoms with van der Waals surface area (Å²) in [5, 5.41) is 6.65. The highest BCUT2D eigenvalue weighted by Gasteiger charge is 2.07. The highest BCUT2D eigenvalue weighted by Crippen LogP contribution is 2.28. The van der Waals surface area contributed by atoms with Gasteiger partial charge in [-0.15, -0.1) is 0 Å². The van der Waals surface area contributed by atoms with Crippen LogP contribution in [0.5, 0.6) is 11.5 Å². The van der Waals surface area contributed by atoms with E-state index in [1.54, 1.807) is 26.4 Å². The average molecular weight is 349 g/mol. The molecule has 2 aromatic carbocycles. The van der Waals surface area contributed by atoms with E-state index in [1.807, 2.05) is 31.2 Å². The van der Waals surface area contributed by atoms with Gasteiger partial charge in [-0.1, -0.05) is 17.7 Å². The normalized spacial score (nSPS) is 10.2. The first-order valence-corrected chi connectivity index (χ1v) is 7.93. The fraction of sp³-hybridized carbons (Fsp3) is 0.278. The molecule has 0 unspecified atom stereocenters. The summed E-state index contributed by atoms with van der Waals surface area (Å²) in [5.41, 5.74) is 2.48. The number of nitrogens with one attached hydrogen (secondary N) is 2. The Morgan fingerprint density at radius 1 is 1.12 bits per heavy atom. The SMILES string of the molecule is COc1ccc(NCCC(=O)Nc2ccc(C)c(Cl)c2)c(OC)c1. The van der Waals surface area contributed by atoms with Crippen molar-refractivity contribution < 1.29 is 14.3 Å². The third kappa shape index (κ3) is 4.80. The second-order valence-electron chi connectivity index (χ2n) is 5.26. The van der Waals surface area contributed by atoms with Crippen molar-refractivity contribution in [3.05, 3.63) is 47.0 Å². The van der Waals surface area contributed by atoms with Crippen LogP contribution in [-0.2, 0) is 4.79 Å². The Morgan fingerprint density at radius 2 is 1.92 bits per heavy atom. The van der Waals surface area contributed by atoms with Gasteiger partial charge in [-0.2, -0.15) is 0 Å². The van der Waals surface area contributed by atoms with E-state index in [4.69, 9.17) is 21.1 Å². The van der Waals surface area contributed by atoms with Crippen LogP contribution in [0.4, 0.5) is 11.4 Å². The van der Waals surface area contributed by atoms with E-state index in [2.05, 4.69) is 10.6 Å². The van der Waals surface area contributed by atoms with Crippen molar-refractivity contribution >= 4 is 28.9 Å². The van der Waals surface area contributed by atoms with Crippen LogP contribution in [0.3, 0.4) is 0 Å². The lowest BCUT2D eigenvalue weighted by atomic mass is 10.2. The number of aryl methyl sites for hydroxylation is 1. The van der Waals surface area contributed by atoms with Gasteiger partial charge in [-0.25, -0.2) is 0 Å². The molecule has 2 N–H and O–H groups in total. The molecule has 0 aliphatic heterocycles. The van der Waals surface area contributed by atoms with Gasteiger partial charge in [-0.05, 0) is 36.8 Å². The van der Waals surface area contributed by atoms with Crippen LogP contribution < -0.4 is 20.1 Å². The minimum Gasteiger partial charge on any atom is -0.497 e. The molecule has 128 valence electrons. The van der Waals surface area contributed by atoms with E-state index in [0.717, 1.165) is 11.3 Å². The Bertz CT molecular complexity index is 719. The van der Waals surface area contributed by atoms with Gasteiger partial charge in [0.15, 0.2) is 0 Å². The largest absolute Gasteiger partial charge is 0.497 e. The Morgan fingerprint density at radius 3 is 2.58 bits per heavy atom. The second kappa shape index (κ2) is 8.45. The Hall–Kier alpha value is -2.40. The number of anilines is 2. The van der Waals surface area contributed by atoms with Crippen LogP contribution >= 0.6 is 11.6 Å². The third-order valence-electron chi connectivity index (χ3n) is 3.53. The van der Waals surface area contributed by atoms with E-state index >= 15 is 0 Å². The van der Waals surface area contributed by atoms with Gasteiger partial charge >= 0.3 is 0 Å². The summed E-state index contributed by atoms with van der Waals surface area (Å²) in [7, 11) is 3.19. The number of rotatable bonds is 7. The summed E-state index contributed by atoms with van der Waals surface area (Å²) < 4.78 is 10.5. The molecule has 0 radical (unpaired) electrons. The van der Waals surface area contributed by atoms with Gasteiger partial charge in [0.1, 0.15) is 11.5 Å². The maximum absolute atomic E-state index is 12.0. The molecule has 0 saturated carbocycles. The van der Waals surface area contributed by atoms with E-state index in [1.165, 1.54) is 0 Å². The minimum atomic E-state index is -0.0881. The number of hydrogen-bond acceptors (Lipinski definition) is 4. The number of amides is 1. The Labute approximate surface area is 146 Å². The van der Waals surface area contributed by atoms with Crippen molar-refractivity contribution in [3.63, 3.8) is 0 Å². The summed E-state index contributed by atoms with van der Waals surface area (Å²) in [6, 6.07) is 10.9. The molecule has 0 bridgehead atoms. The quantitative estimate of drug-likeness (QED) is 0.790. The van der Waals surface area contributed by atoms with Crippen molar-refractivity contribution in [1.82, 2.24) is 0 Å². The van der Waals surface area contributed by atoms with Crippen molar-refractivity contribution in [1.29, 1.82) is 0 Å². The fourth-order valence-electron chi connectivity index (χ4n) is 2.15. The number of carbonyl (C=O) groups is 1. The molecule has 0 aliphatic carbocycles. The number of halogens is 1. The highest BCUT2D eigenvalue weighted by atomic mass is 35.5.